The van der Waals surface area contributed by atoms with Crippen LogP contribution in [0, 0.1) is 5.92 Å². The molecular weight excluding hydrogens is 240 g/mol. The van der Waals surface area contributed by atoms with Gasteiger partial charge in [0.25, 0.3) is 0 Å². The average molecular weight is 260 g/mol. The Bertz CT molecular complexity index is 495. The van der Waals surface area contributed by atoms with Gasteiger partial charge in [0.05, 0.1) is 0 Å². The van der Waals surface area contributed by atoms with Crippen LogP contribution in [0.4, 0.5) is 5.82 Å². The van der Waals surface area contributed by atoms with Gasteiger partial charge >= 0.3 is 5.97 Å². The van der Waals surface area contributed by atoms with E-state index >= 15 is 0 Å². The number of carbonyl (C=O) groups is 1. The summed E-state index contributed by atoms with van der Waals surface area (Å²) < 4.78 is 0. The molecule has 0 saturated heterocycles. The third-order valence-corrected chi connectivity index (χ3v) is 4.06. The third kappa shape index (κ3) is 2.88. The van der Waals surface area contributed by atoms with Crippen molar-refractivity contribution in [3.05, 3.63) is 22.9 Å². The van der Waals surface area contributed by atoms with Crippen molar-refractivity contribution < 1.29 is 9.90 Å². The lowest BCUT2D eigenvalue weighted by molar-refractivity contribution is 0.0697. The summed E-state index contributed by atoms with van der Waals surface area (Å²) in [5, 5.41) is 12.5. The van der Waals surface area contributed by atoms with E-state index in [4.69, 9.17) is 0 Å². The number of rotatable bonds is 6. The zero-order valence-corrected chi connectivity index (χ0v) is 11.1. The first-order valence-electron chi connectivity index (χ1n) is 7.24. The number of fused-ring (bicyclic) bond motifs is 1. The molecular formula is C15H20N2O2. The fourth-order valence-corrected chi connectivity index (χ4v) is 2.77. The number of hydrogen-bond donors (Lipinski definition) is 2. The Hall–Kier alpha value is -1.58. The van der Waals surface area contributed by atoms with Crippen molar-refractivity contribution in [1.82, 2.24) is 4.98 Å². The maximum atomic E-state index is 11.3. The Morgan fingerprint density at radius 2 is 2.26 bits per heavy atom. The maximum absolute atomic E-state index is 11.3. The highest BCUT2D eigenvalue weighted by Gasteiger charge is 2.21. The molecule has 2 aliphatic rings. The van der Waals surface area contributed by atoms with E-state index in [1.165, 1.54) is 19.3 Å². The Kier molecular flexibility index (Phi) is 3.40. The van der Waals surface area contributed by atoms with E-state index in [-0.39, 0.29) is 0 Å². The summed E-state index contributed by atoms with van der Waals surface area (Å²) in [5.41, 5.74) is 2.52. The van der Waals surface area contributed by atoms with Crippen LogP contribution in [0.3, 0.4) is 0 Å². The molecule has 0 amide bonds. The minimum atomic E-state index is -0.883. The molecule has 0 bridgehead atoms. The van der Waals surface area contributed by atoms with Crippen LogP contribution in [-0.4, -0.2) is 22.6 Å². The van der Waals surface area contributed by atoms with Gasteiger partial charge in [0.1, 0.15) is 11.4 Å². The standard InChI is InChI=1S/C15H20N2O2/c18-15(19)12-9-11-4-1-5-13(11)17-14(12)16-8-2-3-10-6-7-10/h9-10H,1-8H2,(H,16,17)(H,18,19). The van der Waals surface area contributed by atoms with Gasteiger partial charge in [-0.15, -0.1) is 0 Å². The van der Waals surface area contributed by atoms with E-state index in [9.17, 15) is 9.90 Å². The summed E-state index contributed by atoms with van der Waals surface area (Å²) >= 11 is 0. The minimum Gasteiger partial charge on any atom is -0.478 e. The summed E-state index contributed by atoms with van der Waals surface area (Å²) in [7, 11) is 0. The maximum Gasteiger partial charge on any atom is 0.339 e. The van der Waals surface area contributed by atoms with E-state index in [0.29, 0.717) is 11.4 Å². The van der Waals surface area contributed by atoms with Crippen LogP contribution in [0.15, 0.2) is 6.07 Å². The van der Waals surface area contributed by atoms with Gasteiger partial charge in [-0.05, 0) is 49.7 Å². The second-order valence-electron chi connectivity index (χ2n) is 5.66. The molecule has 0 spiro atoms. The van der Waals surface area contributed by atoms with Gasteiger partial charge in [-0.25, -0.2) is 9.78 Å². The molecule has 0 aromatic carbocycles. The van der Waals surface area contributed by atoms with E-state index in [1.807, 2.05) is 0 Å². The molecule has 0 unspecified atom stereocenters. The fraction of sp³-hybridized carbons (Fsp3) is 0.600. The number of pyridine rings is 1. The smallest absolute Gasteiger partial charge is 0.339 e. The van der Waals surface area contributed by atoms with Gasteiger partial charge in [-0.2, -0.15) is 0 Å². The predicted octanol–water partition coefficient (Wildman–Crippen LogP) is 2.87. The van der Waals surface area contributed by atoms with Gasteiger partial charge in [0, 0.05) is 12.2 Å². The zero-order chi connectivity index (χ0) is 13.2. The Balaban J connectivity index is 1.68. The number of hydrogen-bond acceptors (Lipinski definition) is 3. The summed E-state index contributed by atoms with van der Waals surface area (Å²) in [6.45, 7) is 0.822. The van der Waals surface area contributed by atoms with Crippen LogP contribution in [0.2, 0.25) is 0 Å². The molecule has 1 aromatic rings. The molecule has 102 valence electrons. The lowest BCUT2D eigenvalue weighted by Crippen LogP contribution is -2.11. The number of aromatic nitrogens is 1. The van der Waals surface area contributed by atoms with Gasteiger partial charge < -0.3 is 10.4 Å². The molecule has 1 heterocycles. The third-order valence-electron chi connectivity index (χ3n) is 4.06. The van der Waals surface area contributed by atoms with Gasteiger partial charge in [-0.1, -0.05) is 12.8 Å². The van der Waals surface area contributed by atoms with Crippen molar-refractivity contribution in [1.29, 1.82) is 0 Å². The number of nitrogens with one attached hydrogen (secondary N) is 1. The minimum absolute atomic E-state index is 0.326. The zero-order valence-electron chi connectivity index (χ0n) is 11.1. The number of anilines is 1. The van der Waals surface area contributed by atoms with Crippen molar-refractivity contribution in [2.75, 3.05) is 11.9 Å². The quantitative estimate of drug-likeness (QED) is 0.772. The molecule has 0 atom stereocenters. The SMILES string of the molecule is O=C(O)c1cc2c(nc1NCCCC1CC1)CCC2. The largest absolute Gasteiger partial charge is 0.478 e. The topological polar surface area (TPSA) is 62.2 Å². The van der Waals surface area contributed by atoms with E-state index in [1.54, 1.807) is 6.07 Å². The number of carboxylic acid groups (broad SMARTS) is 1. The van der Waals surface area contributed by atoms with Crippen molar-refractivity contribution in [2.24, 2.45) is 5.92 Å². The molecule has 4 nitrogen and oxygen atoms in total. The average Bonchev–Trinajstić information content (AvgIpc) is 3.10. The van der Waals surface area contributed by atoms with Crippen LogP contribution in [0.1, 0.15) is 53.7 Å². The van der Waals surface area contributed by atoms with Crippen LogP contribution in [-0.2, 0) is 12.8 Å². The van der Waals surface area contributed by atoms with Gasteiger partial charge in [-0.3, -0.25) is 0 Å². The second-order valence-corrected chi connectivity index (χ2v) is 5.66. The first-order valence-corrected chi connectivity index (χ1v) is 7.24. The monoisotopic (exact) mass is 260 g/mol. The molecule has 19 heavy (non-hydrogen) atoms. The van der Waals surface area contributed by atoms with Crippen molar-refractivity contribution in [2.45, 2.75) is 44.9 Å². The van der Waals surface area contributed by atoms with E-state index in [0.717, 1.165) is 49.4 Å². The molecule has 2 aliphatic carbocycles. The van der Waals surface area contributed by atoms with Gasteiger partial charge in [0.15, 0.2) is 0 Å². The summed E-state index contributed by atoms with van der Waals surface area (Å²) in [5.74, 6) is 0.601. The van der Waals surface area contributed by atoms with E-state index in [2.05, 4.69) is 10.3 Å². The predicted molar refractivity (Wildman–Crippen MR) is 73.7 cm³/mol. The fourth-order valence-electron chi connectivity index (χ4n) is 2.77. The molecule has 1 aromatic heterocycles. The summed E-state index contributed by atoms with van der Waals surface area (Å²) in [4.78, 5) is 15.8. The first kappa shape index (κ1) is 12.5. The highest BCUT2D eigenvalue weighted by molar-refractivity contribution is 5.93. The lowest BCUT2D eigenvalue weighted by atomic mass is 10.1. The van der Waals surface area contributed by atoms with Crippen molar-refractivity contribution in [3.8, 4) is 0 Å². The van der Waals surface area contributed by atoms with Crippen molar-refractivity contribution in [3.63, 3.8) is 0 Å². The lowest BCUT2D eigenvalue weighted by Gasteiger charge is -2.11. The highest BCUT2D eigenvalue weighted by Crippen LogP contribution is 2.33. The number of carboxylic acids is 1. The Morgan fingerprint density at radius 3 is 3.00 bits per heavy atom. The molecule has 0 radical (unpaired) electrons. The van der Waals surface area contributed by atoms with Crippen molar-refractivity contribution >= 4 is 11.8 Å². The normalized spacial score (nSPS) is 17.3. The van der Waals surface area contributed by atoms with Crippen LogP contribution >= 0.6 is 0 Å². The van der Waals surface area contributed by atoms with Crippen LogP contribution in [0.25, 0.3) is 0 Å². The summed E-state index contributed by atoms with van der Waals surface area (Å²) in [6, 6.07) is 1.81. The number of aromatic carboxylic acids is 1. The molecule has 4 heteroatoms. The molecule has 2 N–H and O–H groups in total. The molecule has 1 saturated carbocycles. The second kappa shape index (κ2) is 5.19. The number of aryl methyl sites for hydroxylation is 2. The molecule has 0 aliphatic heterocycles. The summed E-state index contributed by atoms with van der Waals surface area (Å²) in [6.07, 6.45) is 8.13. The molecule has 1 fully saturated rings. The number of nitrogens with zero attached hydrogens (tertiary/aromatic N) is 1. The van der Waals surface area contributed by atoms with Crippen LogP contribution < -0.4 is 5.32 Å². The highest BCUT2D eigenvalue weighted by atomic mass is 16.4. The Labute approximate surface area is 113 Å². The van der Waals surface area contributed by atoms with Crippen LogP contribution in [0.5, 0.6) is 0 Å². The first-order chi connectivity index (χ1) is 9.24. The Morgan fingerprint density at radius 1 is 1.42 bits per heavy atom. The van der Waals surface area contributed by atoms with E-state index < -0.39 is 5.97 Å². The molecule has 3 rings (SSSR count). The van der Waals surface area contributed by atoms with Gasteiger partial charge in [0.2, 0.25) is 0 Å².